The van der Waals surface area contributed by atoms with Gasteiger partial charge in [-0.2, -0.15) is 0 Å². The molecule has 2 atom stereocenters. The smallest absolute Gasteiger partial charge is 0.857 e. The molecule has 0 spiro atoms. The summed E-state index contributed by atoms with van der Waals surface area (Å²) in [6.45, 7) is 1.89. The fourth-order valence-electron chi connectivity index (χ4n) is 3.18. The van der Waals surface area contributed by atoms with Crippen LogP contribution in [0.4, 0.5) is 5.13 Å². The molecule has 2 aromatic rings. The van der Waals surface area contributed by atoms with Crippen LogP contribution in [-0.4, -0.2) is 73.5 Å². The van der Waals surface area contributed by atoms with Crippen molar-refractivity contribution in [3.63, 3.8) is 0 Å². The first kappa shape index (κ1) is 27.0. The SMILES string of the molecule is CO/N=C(/C([O-])=N[C@@H]1C(=O)N2C(C(=O)O)=C(CSc3nc(C)cs3)CS[C@H]12)c1csc(N)n1.[Na+]. The summed E-state index contributed by atoms with van der Waals surface area (Å²) in [5.74, 6) is -1.74. The van der Waals surface area contributed by atoms with Crippen LogP contribution in [0.1, 0.15) is 11.4 Å². The van der Waals surface area contributed by atoms with Gasteiger partial charge in [0, 0.05) is 33.9 Å². The number of amides is 1. The number of anilines is 1. The number of rotatable bonds is 8. The number of aryl methyl sites for hydroxylation is 1. The van der Waals surface area contributed by atoms with Gasteiger partial charge in [-0.25, -0.2) is 14.8 Å². The molecule has 1 fully saturated rings. The Hall–Kier alpha value is -1.62. The van der Waals surface area contributed by atoms with Crippen LogP contribution in [-0.2, 0) is 14.4 Å². The van der Waals surface area contributed by atoms with Crippen molar-refractivity contribution in [1.82, 2.24) is 14.9 Å². The number of nitrogen functional groups attached to an aromatic ring is 1. The minimum absolute atomic E-state index is 0. The molecule has 0 radical (unpaired) electrons. The number of carbonyl (C=O) groups is 2. The molecule has 0 saturated carbocycles. The summed E-state index contributed by atoms with van der Waals surface area (Å²) >= 11 is 5.40. The van der Waals surface area contributed by atoms with Gasteiger partial charge in [-0.1, -0.05) is 16.9 Å². The van der Waals surface area contributed by atoms with Crippen LogP contribution in [0.5, 0.6) is 0 Å². The van der Waals surface area contributed by atoms with Gasteiger partial charge in [0.15, 0.2) is 11.2 Å². The Kier molecular flexibility index (Phi) is 9.05. The Labute approximate surface area is 232 Å². The minimum atomic E-state index is -1.19. The summed E-state index contributed by atoms with van der Waals surface area (Å²) < 4.78 is 0.831. The third-order valence-electron chi connectivity index (χ3n) is 4.60. The number of aromatic nitrogens is 2. The van der Waals surface area contributed by atoms with E-state index >= 15 is 0 Å². The number of carbonyl (C=O) groups excluding carboxylic acids is 1. The number of aliphatic imine (C=N–C) groups is 1. The number of aliphatic carboxylic acids is 1. The molecule has 2 aliphatic heterocycles. The first-order valence-electron chi connectivity index (χ1n) is 9.32. The van der Waals surface area contributed by atoms with E-state index in [1.165, 1.54) is 52.3 Å². The van der Waals surface area contributed by atoms with Crippen LogP contribution in [0.25, 0.3) is 0 Å². The maximum atomic E-state index is 12.8. The van der Waals surface area contributed by atoms with Gasteiger partial charge < -0.3 is 20.8 Å². The summed E-state index contributed by atoms with van der Waals surface area (Å²) in [6, 6.07) is -1.02. The topological polar surface area (TPSA) is 166 Å². The molecule has 2 aromatic heterocycles. The van der Waals surface area contributed by atoms with Crippen molar-refractivity contribution in [3.8, 4) is 0 Å². The molecule has 0 aromatic carbocycles. The predicted octanol–water partition coefficient (Wildman–Crippen LogP) is -1.98. The summed E-state index contributed by atoms with van der Waals surface area (Å²) in [6.07, 6.45) is 0. The van der Waals surface area contributed by atoms with E-state index in [0.29, 0.717) is 17.1 Å². The zero-order chi connectivity index (χ0) is 23.7. The van der Waals surface area contributed by atoms with Crippen LogP contribution in [0, 0.1) is 6.92 Å². The third kappa shape index (κ3) is 5.45. The summed E-state index contributed by atoms with van der Waals surface area (Å²) in [7, 11) is 1.27. The van der Waals surface area contributed by atoms with E-state index in [9.17, 15) is 19.8 Å². The molecule has 34 heavy (non-hydrogen) atoms. The molecule has 1 saturated heterocycles. The maximum absolute atomic E-state index is 12.8. The van der Waals surface area contributed by atoms with Crippen LogP contribution >= 0.6 is 46.2 Å². The first-order chi connectivity index (χ1) is 15.8. The molecule has 174 valence electrons. The number of β-lactam (4-membered cyclic amide) rings is 1. The summed E-state index contributed by atoms with van der Waals surface area (Å²) in [4.78, 5) is 43.1. The van der Waals surface area contributed by atoms with Gasteiger partial charge in [-0.15, -0.1) is 34.4 Å². The number of nitrogens with zero attached hydrogens (tertiary/aromatic N) is 5. The van der Waals surface area contributed by atoms with Crippen molar-refractivity contribution < 1.29 is 54.2 Å². The number of carboxylic acids is 1. The second-order valence-corrected chi connectivity index (χ2v) is 10.9. The Balaban J connectivity index is 0.00000324. The maximum Gasteiger partial charge on any atom is 1.00 e. The second-order valence-electron chi connectivity index (χ2n) is 6.78. The summed E-state index contributed by atoms with van der Waals surface area (Å²) in [5, 5.41) is 29.3. The van der Waals surface area contributed by atoms with E-state index in [0.717, 1.165) is 21.4 Å². The monoisotopic (exact) mass is 548 g/mol. The van der Waals surface area contributed by atoms with E-state index in [2.05, 4.69) is 20.1 Å². The van der Waals surface area contributed by atoms with Gasteiger partial charge >= 0.3 is 35.5 Å². The number of fused-ring (bicyclic) bond motifs is 1. The molecule has 4 heterocycles. The fourth-order valence-corrected chi connectivity index (χ4v) is 7.04. The Morgan fingerprint density at radius 1 is 1.41 bits per heavy atom. The van der Waals surface area contributed by atoms with Crippen LogP contribution in [0.15, 0.2) is 36.5 Å². The van der Waals surface area contributed by atoms with Crippen molar-refractivity contribution in [2.75, 3.05) is 24.3 Å². The molecule has 4 rings (SSSR count). The number of oxime groups is 1. The fraction of sp³-hybridized carbons (Fsp3) is 0.333. The normalized spacial score (nSPS) is 20.5. The minimum Gasteiger partial charge on any atom is -0.857 e. The van der Waals surface area contributed by atoms with Gasteiger partial charge in [0.05, 0.1) is 0 Å². The van der Waals surface area contributed by atoms with E-state index in [1.807, 2.05) is 12.3 Å². The molecular weight excluding hydrogens is 531 g/mol. The van der Waals surface area contributed by atoms with Crippen molar-refractivity contribution in [1.29, 1.82) is 0 Å². The number of hydrogen-bond donors (Lipinski definition) is 2. The molecule has 0 unspecified atom stereocenters. The average molecular weight is 549 g/mol. The molecule has 0 aliphatic carbocycles. The van der Waals surface area contributed by atoms with E-state index < -0.39 is 29.2 Å². The first-order valence-corrected chi connectivity index (χ1v) is 13.1. The van der Waals surface area contributed by atoms with Gasteiger partial charge in [0.25, 0.3) is 5.91 Å². The number of nitrogens with two attached hydrogens (primary N) is 1. The van der Waals surface area contributed by atoms with Crippen molar-refractivity contribution in [3.05, 3.63) is 33.4 Å². The number of hydrogen-bond acceptors (Lipinski definition) is 13. The van der Waals surface area contributed by atoms with Crippen LogP contribution in [0.3, 0.4) is 0 Å². The Bertz CT molecular complexity index is 1200. The molecule has 0 bridgehead atoms. The van der Waals surface area contributed by atoms with Gasteiger partial charge in [0.2, 0.25) is 0 Å². The third-order valence-corrected chi connectivity index (χ3v) is 8.82. The number of thiazole rings is 2. The Morgan fingerprint density at radius 2 is 2.18 bits per heavy atom. The van der Waals surface area contributed by atoms with E-state index in [1.54, 1.807) is 0 Å². The van der Waals surface area contributed by atoms with E-state index in [4.69, 9.17) is 10.6 Å². The predicted molar refractivity (Wildman–Crippen MR) is 127 cm³/mol. The van der Waals surface area contributed by atoms with Gasteiger partial charge in [-0.05, 0) is 12.5 Å². The van der Waals surface area contributed by atoms with Gasteiger partial charge in [0.1, 0.15) is 33.9 Å². The van der Waals surface area contributed by atoms with Crippen molar-refractivity contribution in [2.24, 2.45) is 10.1 Å². The molecule has 11 nitrogen and oxygen atoms in total. The number of thioether (sulfide) groups is 2. The zero-order valence-corrected chi connectivity index (χ0v) is 23.5. The molecule has 3 N–H and O–H groups in total. The quantitative estimate of drug-likeness (QED) is 0.0942. The average Bonchev–Trinajstić information content (AvgIpc) is 3.40. The second kappa shape index (κ2) is 11.4. The van der Waals surface area contributed by atoms with E-state index in [-0.39, 0.29) is 51.8 Å². The largest absolute Gasteiger partial charge is 1.00 e. The van der Waals surface area contributed by atoms with Gasteiger partial charge in [-0.3, -0.25) is 14.7 Å². The molecule has 16 heteroatoms. The Morgan fingerprint density at radius 3 is 2.76 bits per heavy atom. The molecular formula is C18H17N6NaO5S4. The van der Waals surface area contributed by atoms with Crippen LogP contribution < -0.4 is 40.4 Å². The number of carboxylic acid groups (broad SMARTS) is 1. The molecule has 1 amide bonds. The summed E-state index contributed by atoms with van der Waals surface area (Å²) in [5.41, 5.74) is 7.10. The standard InChI is InChI=1S/C18H18N6O5S4.Na/c1-7-3-32-18(20-7)33-5-8-4-30-15-11(14(26)24(15)12(8)16(27)28)22-13(25)10(23-29-2)9-6-31-17(19)21-9;/h3,6,11,15H,4-5H2,1-2H3,(H2,19,21)(H,22,25)(H,27,28);/q;+1/p-1/b23-10+;/t11-,15-;/m1./s1. The molecule has 2 aliphatic rings. The zero-order valence-electron chi connectivity index (χ0n) is 18.3. The van der Waals surface area contributed by atoms with Crippen molar-refractivity contribution in [2.45, 2.75) is 22.7 Å². The van der Waals surface area contributed by atoms with Crippen molar-refractivity contribution >= 4 is 74.8 Å². The van der Waals surface area contributed by atoms with Crippen LogP contribution in [0.2, 0.25) is 0 Å².